The predicted octanol–water partition coefficient (Wildman–Crippen LogP) is 1.37. The average molecular weight is 191 g/mol. The van der Waals surface area contributed by atoms with Crippen molar-refractivity contribution in [1.29, 1.82) is 0 Å². The third-order valence-corrected chi connectivity index (χ3v) is 2.10. The lowest BCUT2D eigenvalue weighted by molar-refractivity contribution is 0.112. The van der Waals surface area contributed by atoms with Crippen molar-refractivity contribution in [3.05, 3.63) is 18.0 Å². The van der Waals surface area contributed by atoms with Gasteiger partial charge in [0.05, 0.1) is 10.9 Å². The maximum Gasteiger partial charge on any atom is 0.264 e. The highest BCUT2D eigenvalue weighted by Gasteiger charge is 2.22. The van der Waals surface area contributed by atoms with Gasteiger partial charge in [-0.2, -0.15) is 0 Å². The fourth-order valence-electron chi connectivity index (χ4n) is 1.43. The van der Waals surface area contributed by atoms with Crippen molar-refractivity contribution in [3.8, 4) is 11.6 Å². The minimum absolute atomic E-state index is 0.137. The number of hydrogen-bond acceptors (Lipinski definition) is 5. The van der Waals surface area contributed by atoms with E-state index in [1.165, 1.54) is 12.5 Å². The smallest absolute Gasteiger partial charge is 0.264 e. The van der Waals surface area contributed by atoms with Gasteiger partial charge in [-0.25, -0.2) is 4.98 Å². The molecular formula is C9H5NO4. The van der Waals surface area contributed by atoms with Crippen LogP contribution in [-0.2, 0) is 0 Å². The van der Waals surface area contributed by atoms with E-state index in [-0.39, 0.29) is 6.79 Å². The number of carbonyl (C=O) groups excluding carboxylic acids is 1. The Bertz CT molecular complexity index is 517. The summed E-state index contributed by atoms with van der Waals surface area (Å²) in [5, 5.41) is 0.643. The van der Waals surface area contributed by atoms with Crippen LogP contribution in [-0.4, -0.2) is 18.1 Å². The van der Waals surface area contributed by atoms with Gasteiger partial charge in [0.2, 0.25) is 12.5 Å². The lowest BCUT2D eigenvalue weighted by Gasteiger charge is -1.94. The predicted molar refractivity (Wildman–Crippen MR) is 45.5 cm³/mol. The number of aldehydes is 1. The number of nitrogens with zero attached hydrogens (tertiary/aromatic N) is 1. The maximum atomic E-state index is 10.6. The first-order valence-corrected chi connectivity index (χ1v) is 4.01. The van der Waals surface area contributed by atoms with Gasteiger partial charge >= 0.3 is 0 Å². The molecule has 0 unspecified atom stereocenters. The van der Waals surface area contributed by atoms with Gasteiger partial charge in [0.15, 0.2) is 11.9 Å². The zero-order chi connectivity index (χ0) is 9.54. The largest absolute Gasteiger partial charge is 0.459 e. The van der Waals surface area contributed by atoms with Gasteiger partial charge in [-0.1, -0.05) is 0 Å². The first kappa shape index (κ1) is 7.37. The van der Waals surface area contributed by atoms with Crippen molar-refractivity contribution in [2.75, 3.05) is 6.79 Å². The molecule has 0 N–H and O–H groups in total. The molecule has 0 bridgehead atoms. The molecule has 5 heteroatoms. The number of rotatable bonds is 1. The molecule has 0 saturated heterocycles. The summed E-state index contributed by atoms with van der Waals surface area (Å²) in [6, 6.07) is 0. The van der Waals surface area contributed by atoms with E-state index in [4.69, 9.17) is 13.9 Å². The Morgan fingerprint density at radius 3 is 3.21 bits per heavy atom. The minimum atomic E-state index is 0.137. The maximum absolute atomic E-state index is 10.6. The highest BCUT2D eigenvalue weighted by atomic mass is 16.7. The third-order valence-electron chi connectivity index (χ3n) is 2.10. The van der Waals surface area contributed by atoms with Crippen LogP contribution in [0.1, 0.15) is 10.4 Å². The molecule has 1 aliphatic heterocycles. The zero-order valence-corrected chi connectivity index (χ0v) is 7.02. The topological polar surface area (TPSA) is 61.6 Å². The van der Waals surface area contributed by atoms with Crippen LogP contribution in [0, 0.1) is 0 Å². The number of hydrogen-bond donors (Lipinski definition) is 0. The van der Waals surface area contributed by atoms with E-state index in [2.05, 4.69) is 4.98 Å². The fourth-order valence-corrected chi connectivity index (χ4v) is 1.43. The van der Waals surface area contributed by atoms with Gasteiger partial charge in [0.1, 0.15) is 6.26 Å². The number of pyridine rings is 1. The molecule has 0 amide bonds. The molecular weight excluding hydrogens is 186 g/mol. The van der Waals surface area contributed by atoms with Gasteiger partial charge < -0.3 is 13.9 Å². The highest BCUT2D eigenvalue weighted by molar-refractivity contribution is 5.98. The second kappa shape index (κ2) is 2.47. The van der Waals surface area contributed by atoms with Crippen LogP contribution in [0.4, 0.5) is 0 Å². The summed E-state index contributed by atoms with van der Waals surface area (Å²) >= 11 is 0. The first-order valence-electron chi connectivity index (χ1n) is 4.01. The molecule has 0 aromatic carbocycles. The molecule has 1 aliphatic rings. The Hall–Kier alpha value is -2.04. The van der Waals surface area contributed by atoms with Crippen LogP contribution in [0.5, 0.6) is 11.6 Å². The first-order chi connectivity index (χ1) is 6.90. The molecule has 70 valence electrons. The van der Waals surface area contributed by atoms with Gasteiger partial charge in [-0.05, 0) is 0 Å². The number of furan rings is 1. The van der Waals surface area contributed by atoms with Crippen LogP contribution in [0.2, 0.25) is 0 Å². The molecule has 14 heavy (non-hydrogen) atoms. The normalized spacial score (nSPS) is 13.4. The van der Waals surface area contributed by atoms with Gasteiger partial charge in [0, 0.05) is 6.20 Å². The molecule has 5 nitrogen and oxygen atoms in total. The standard InChI is InChI=1S/C9H5NO4/c11-2-5-3-12-7-6(5)1-10-9-8(7)13-4-14-9/h1-3H,4H2. The molecule has 0 atom stereocenters. The Balaban J connectivity index is 2.40. The second-order valence-electron chi connectivity index (χ2n) is 2.85. The summed E-state index contributed by atoms with van der Waals surface area (Å²) in [4.78, 5) is 14.6. The quantitative estimate of drug-likeness (QED) is 0.637. The summed E-state index contributed by atoms with van der Waals surface area (Å²) in [5.74, 6) is 0.875. The molecule has 0 fully saturated rings. The van der Waals surface area contributed by atoms with Crippen molar-refractivity contribution in [2.24, 2.45) is 0 Å². The van der Waals surface area contributed by atoms with E-state index in [9.17, 15) is 4.79 Å². The lowest BCUT2D eigenvalue weighted by Crippen LogP contribution is -1.93. The van der Waals surface area contributed by atoms with Crippen molar-refractivity contribution in [3.63, 3.8) is 0 Å². The van der Waals surface area contributed by atoms with E-state index in [1.54, 1.807) is 0 Å². The molecule has 0 aliphatic carbocycles. The average Bonchev–Trinajstić information content (AvgIpc) is 2.82. The Morgan fingerprint density at radius 2 is 2.36 bits per heavy atom. The van der Waals surface area contributed by atoms with Crippen LogP contribution >= 0.6 is 0 Å². The number of fused-ring (bicyclic) bond motifs is 3. The summed E-state index contributed by atoms with van der Waals surface area (Å²) in [7, 11) is 0. The van der Waals surface area contributed by atoms with Crippen molar-refractivity contribution in [1.82, 2.24) is 4.98 Å². The third kappa shape index (κ3) is 0.783. The SMILES string of the molecule is O=Cc1coc2c3c(ncc12)OCO3. The highest BCUT2D eigenvalue weighted by Crippen LogP contribution is 2.38. The summed E-state index contributed by atoms with van der Waals surface area (Å²) in [6.45, 7) is 0.137. The van der Waals surface area contributed by atoms with E-state index in [0.29, 0.717) is 28.2 Å². The van der Waals surface area contributed by atoms with Crippen molar-refractivity contribution in [2.45, 2.75) is 0 Å². The number of aromatic nitrogens is 1. The molecule has 0 spiro atoms. The van der Waals surface area contributed by atoms with Crippen molar-refractivity contribution < 1.29 is 18.7 Å². The summed E-state index contributed by atoms with van der Waals surface area (Å²) < 4.78 is 15.4. The van der Waals surface area contributed by atoms with E-state index < -0.39 is 0 Å². The second-order valence-corrected chi connectivity index (χ2v) is 2.85. The van der Waals surface area contributed by atoms with Crippen LogP contribution in [0.15, 0.2) is 16.9 Å². The van der Waals surface area contributed by atoms with Crippen molar-refractivity contribution >= 4 is 17.3 Å². The lowest BCUT2D eigenvalue weighted by atomic mass is 10.2. The molecule has 2 aromatic heterocycles. The molecule has 2 aromatic rings. The summed E-state index contributed by atoms with van der Waals surface area (Å²) in [6.07, 6.45) is 3.63. The molecule has 3 heterocycles. The monoisotopic (exact) mass is 191 g/mol. The number of carbonyl (C=O) groups is 1. The van der Waals surface area contributed by atoms with Crippen LogP contribution < -0.4 is 9.47 Å². The van der Waals surface area contributed by atoms with Gasteiger partial charge in [0.25, 0.3) is 5.88 Å². The van der Waals surface area contributed by atoms with Crippen LogP contribution in [0.25, 0.3) is 11.0 Å². The zero-order valence-electron chi connectivity index (χ0n) is 7.02. The Morgan fingerprint density at radius 1 is 1.43 bits per heavy atom. The molecule has 0 radical (unpaired) electrons. The van der Waals surface area contributed by atoms with E-state index in [1.807, 2.05) is 0 Å². The van der Waals surface area contributed by atoms with Gasteiger partial charge in [-0.15, -0.1) is 0 Å². The summed E-state index contributed by atoms with van der Waals surface area (Å²) in [5.41, 5.74) is 0.973. The van der Waals surface area contributed by atoms with E-state index in [0.717, 1.165) is 6.29 Å². The van der Waals surface area contributed by atoms with Crippen LogP contribution in [0.3, 0.4) is 0 Å². The Kier molecular flexibility index (Phi) is 1.30. The Labute approximate surface area is 78.2 Å². The molecule has 0 saturated carbocycles. The fraction of sp³-hybridized carbons (Fsp3) is 0.111. The van der Waals surface area contributed by atoms with Gasteiger partial charge in [-0.3, -0.25) is 4.79 Å². The molecule has 3 rings (SSSR count). The van der Waals surface area contributed by atoms with E-state index >= 15 is 0 Å². The number of ether oxygens (including phenoxy) is 2. The minimum Gasteiger partial charge on any atom is -0.459 e.